The van der Waals surface area contributed by atoms with Crippen molar-refractivity contribution in [1.82, 2.24) is 4.72 Å². The zero-order valence-corrected chi connectivity index (χ0v) is 12.6. The molecule has 18 heavy (non-hydrogen) atoms. The number of halogens is 1. The second kappa shape index (κ2) is 4.92. The largest absolute Gasteiger partial charge is 0.241 e. The van der Waals surface area contributed by atoms with Gasteiger partial charge in [0.15, 0.2) is 9.84 Å². The molecule has 0 radical (unpaired) electrons. The van der Waals surface area contributed by atoms with Gasteiger partial charge in [-0.2, -0.15) is 0 Å². The van der Waals surface area contributed by atoms with Crippen molar-refractivity contribution >= 4 is 35.8 Å². The molecule has 1 fully saturated rings. The van der Waals surface area contributed by atoms with Gasteiger partial charge in [0, 0.05) is 10.5 Å². The van der Waals surface area contributed by atoms with Crippen LogP contribution in [-0.2, 0) is 19.9 Å². The monoisotopic (exact) mass is 353 g/mol. The summed E-state index contributed by atoms with van der Waals surface area (Å²) in [7, 11) is -6.78. The molecule has 0 amide bonds. The van der Waals surface area contributed by atoms with Crippen LogP contribution in [0.1, 0.15) is 6.42 Å². The first kappa shape index (κ1) is 14.0. The molecule has 2 rings (SSSR count). The van der Waals surface area contributed by atoms with Crippen LogP contribution in [0, 0.1) is 0 Å². The van der Waals surface area contributed by atoms with E-state index in [2.05, 4.69) is 20.7 Å². The molecular formula is C10H12BrNO4S2. The van der Waals surface area contributed by atoms with Crippen LogP contribution in [0.25, 0.3) is 0 Å². The van der Waals surface area contributed by atoms with Crippen molar-refractivity contribution in [2.75, 3.05) is 11.5 Å². The highest BCUT2D eigenvalue weighted by Gasteiger charge is 2.31. The summed E-state index contributed by atoms with van der Waals surface area (Å²) >= 11 is 3.17. The van der Waals surface area contributed by atoms with E-state index in [4.69, 9.17) is 0 Å². The molecule has 0 unspecified atom stereocenters. The van der Waals surface area contributed by atoms with Crippen LogP contribution in [0.5, 0.6) is 0 Å². The average molecular weight is 354 g/mol. The predicted octanol–water partition coefficient (Wildman–Crippen LogP) is 0.914. The average Bonchev–Trinajstić information content (AvgIpc) is 2.57. The van der Waals surface area contributed by atoms with Crippen molar-refractivity contribution in [3.8, 4) is 0 Å². The summed E-state index contributed by atoms with van der Waals surface area (Å²) in [5, 5.41) is 0. The van der Waals surface area contributed by atoms with Gasteiger partial charge in [-0.15, -0.1) is 0 Å². The molecule has 5 nitrogen and oxygen atoms in total. The first-order chi connectivity index (χ1) is 8.30. The van der Waals surface area contributed by atoms with Crippen molar-refractivity contribution < 1.29 is 16.8 Å². The summed E-state index contributed by atoms with van der Waals surface area (Å²) in [4.78, 5) is 0.120. The summed E-state index contributed by atoms with van der Waals surface area (Å²) in [6.45, 7) is 0. The summed E-state index contributed by atoms with van der Waals surface area (Å²) in [5.41, 5.74) is 0. The lowest BCUT2D eigenvalue weighted by Gasteiger charge is -2.12. The lowest BCUT2D eigenvalue weighted by molar-refractivity contribution is 0.562. The van der Waals surface area contributed by atoms with Crippen LogP contribution in [0.3, 0.4) is 0 Å². The molecule has 0 aliphatic carbocycles. The normalized spacial score (nSPS) is 23.1. The first-order valence-electron chi connectivity index (χ1n) is 5.27. The van der Waals surface area contributed by atoms with Crippen molar-refractivity contribution in [3.05, 3.63) is 28.7 Å². The summed E-state index contributed by atoms with van der Waals surface area (Å²) in [6.07, 6.45) is 0.325. The Balaban J connectivity index is 2.22. The Morgan fingerprint density at radius 1 is 1.28 bits per heavy atom. The minimum atomic E-state index is -3.69. The van der Waals surface area contributed by atoms with Gasteiger partial charge in [-0.1, -0.05) is 12.1 Å². The van der Waals surface area contributed by atoms with Gasteiger partial charge in [-0.05, 0) is 34.5 Å². The minimum absolute atomic E-state index is 0.0378. The molecule has 1 atom stereocenters. The van der Waals surface area contributed by atoms with E-state index < -0.39 is 25.9 Å². The molecule has 0 bridgehead atoms. The molecule has 1 N–H and O–H groups in total. The van der Waals surface area contributed by atoms with Gasteiger partial charge in [0.1, 0.15) is 0 Å². The minimum Gasteiger partial charge on any atom is -0.229 e. The summed E-state index contributed by atoms with van der Waals surface area (Å²) in [5.74, 6) is -0.0904. The van der Waals surface area contributed by atoms with Gasteiger partial charge < -0.3 is 0 Å². The maximum absolute atomic E-state index is 12.1. The van der Waals surface area contributed by atoms with E-state index in [0.717, 1.165) is 0 Å². The Bertz CT molecular complexity index is 654. The standard InChI is InChI=1S/C10H12BrNO4S2/c11-9-3-1-2-4-10(9)18(15,16)12-8-5-6-17(13,14)7-8/h1-4,8,12H,5-7H2/t8-/m1/s1. The third-order valence-corrected chi connectivity index (χ3v) is 6.98. The van der Waals surface area contributed by atoms with Gasteiger partial charge in [0.25, 0.3) is 0 Å². The Morgan fingerprint density at radius 2 is 1.94 bits per heavy atom. The molecule has 0 aromatic heterocycles. The summed E-state index contributed by atoms with van der Waals surface area (Å²) < 4.78 is 49.6. The van der Waals surface area contributed by atoms with Crippen molar-refractivity contribution in [2.45, 2.75) is 17.4 Å². The third-order valence-electron chi connectivity index (χ3n) is 2.68. The van der Waals surface area contributed by atoms with Crippen molar-refractivity contribution in [1.29, 1.82) is 0 Å². The number of sulfone groups is 1. The number of sulfonamides is 1. The van der Waals surface area contributed by atoms with E-state index in [1.165, 1.54) is 6.07 Å². The third kappa shape index (κ3) is 3.11. The van der Waals surface area contributed by atoms with Gasteiger partial charge in [-0.25, -0.2) is 21.6 Å². The highest BCUT2D eigenvalue weighted by molar-refractivity contribution is 9.10. The van der Waals surface area contributed by atoms with Gasteiger partial charge in [0.05, 0.1) is 16.4 Å². The highest BCUT2D eigenvalue weighted by Crippen LogP contribution is 2.22. The highest BCUT2D eigenvalue weighted by atomic mass is 79.9. The van der Waals surface area contributed by atoms with Crippen molar-refractivity contribution in [3.63, 3.8) is 0 Å². The topological polar surface area (TPSA) is 80.3 Å². The molecular weight excluding hydrogens is 342 g/mol. The predicted molar refractivity (Wildman–Crippen MR) is 71.5 cm³/mol. The van der Waals surface area contributed by atoms with E-state index in [9.17, 15) is 16.8 Å². The number of nitrogens with one attached hydrogen (secondary N) is 1. The Hall–Kier alpha value is -0.440. The number of benzene rings is 1. The maximum atomic E-state index is 12.1. The molecule has 0 spiro atoms. The van der Waals surface area contributed by atoms with Gasteiger partial charge in [-0.3, -0.25) is 0 Å². The van der Waals surface area contributed by atoms with E-state index in [-0.39, 0.29) is 16.4 Å². The van der Waals surface area contributed by atoms with E-state index in [1.54, 1.807) is 18.2 Å². The smallest absolute Gasteiger partial charge is 0.229 e. The van der Waals surface area contributed by atoms with E-state index in [0.29, 0.717) is 10.9 Å². The lowest BCUT2D eigenvalue weighted by atomic mass is 10.3. The van der Waals surface area contributed by atoms with Gasteiger partial charge in [0.2, 0.25) is 10.0 Å². The fourth-order valence-electron chi connectivity index (χ4n) is 1.83. The molecule has 1 aliphatic rings. The second-order valence-corrected chi connectivity index (χ2v) is 8.92. The van der Waals surface area contributed by atoms with Crippen LogP contribution in [-0.4, -0.2) is 34.4 Å². The molecule has 1 aromatic carbocycles. The molecule has 1 heterocycles. The molecule has 1 aliphatic heterocycles. The maximum Gasteiger partial charge on any atom is 0.241 e. The summed E-state index contributed by atoms with van der Waals surface area (Å²) in [6, 6.07) is 5.89. The van der Waals surface area contributed by atoms with Crippen molar-refractivity contribution in [2.24, 2.45) is 0 Å². The van der Waals surface area contributed by atoms with E-state index >= 15 is 0 Å². The molecule has 100 valence electrons. The fraction of sp³-hybridized carbons (Fsp3) is 0.400. The molecule has 0 saturated carbocycles. The first-order valence-corrected chi connectivity index (χ1v) is 9.37. The quantitative estimate of drug-likeness (QED) is 0.875. The number of rotatable bonds is 3. The SMILES string of the molecule is O=S1(=O)CC[C@@H](NS(=O)(=O)c2ccccc2Br)C1. The Kier molecular flexibility index (Phi) is 3.82. The number of hydrogen-bond acceptors (Lipinski definition) is 4. The fourth-order valence-corrected chi connectivity index (χ4v) is 5.89. The molecule has 1 saturated heterocycles. The van der Waals surface area contributed by atoms with Crippen LogP contribution in [0.4, 0.5) is 0 Å². The zero-order valence-electron chi connectivity index (χ0n) is 9.34. The van der Waals surface area contributed by atoms with E-state index in [1.807, 2.05) is 0 Å². The van der Waals surface area contributed by atoms with Crippen LogP contribution >= 0.6 is 15.9 Å². The zero-order chi connectivity index (χ0) is 13.4. The Morgan fingerprint density at radius 3 is 2.50 bits per heavy atom. The molecule has 8 heteroatoms. The Labute approximate surface area is 115 Å². The number of hydrogen-bond donors (Lipinski definition) is 1. The van der Waals surface area contributed by atoms with Gasteiger partial charge >= 0.3 is 0 Å². The lowest BCUT2D eigenvalue weighted by Crippen LogP contribution is -2.35. The van der Waals surface area contributed by atoms with Crippen LogP contribution in [0.2, 0.25) is 0 Å². The second-order valence-electron chi connectivity index (χ2n) is 4.15. The van der Waals surface area contributed by atoms with Crippen LogP contribution in [0.15, 0.2) is 33.6 Å². The molecule has 1 aromatic rings. The van der Waals surface area contributed by atoms with Crippen LogP contribution < -0.4 is 4.72 Å².